The van der Waals surface area contributed by atoms with Crippen LogP contribution in [0.15, 0.2) is 35.7 Å². The van der Waals surface area contributed by atoms with Crippen LogP contribution < -0.4 is 5.32 Å². The fraction of sp³-hybridized carbons (Fsp3) is 0.273. The highest BCUT2D eigenvalue weighted by molar-refractivity contribution is 7.14. The highest BCUT2D eigenvalue weighted by Gasteiger charge is 2.13. The molecular weight excluding hydrogens is 436 g/mol. The molecule has 1 N–H and O–H groups in total. The summed E-state index contributed by atoms with van der Waals surface area (Å²) in [5, 5.41) is 9.76. The summed E-state index contributed by atoms with van der Waals surface area (Å²) in [6, 6.07) is 8.16. The Morgan fingerprint density at radius 2 is 2.00 bits per heavy atom. The summed E-state index contributed by atoms with van der Waals surface area (Å²) in [5.41, 5.74) is 4.25. The molecule has 2 heterocycles. The summed E-state index contributed by atoms with van der Waals surface area (Å²) in [5.74, 6) is -0.697. The summed E-state index contributed by atoms with van der Waals surface area (Å²) in [6.45, 7) is 6.49. The first-order valence-corrected chi connectivity index (χ1v) is 11.0. The van der Waals surface area contributed by atoms with Gasteiger partial charge in [-0.3, -0.25) is 14.9 Å². The van der Waals surface area contributed by atoms with Crippen molar-refractivity contribution in [3.05, 3.63) is 69.0 Å². The van der Waals surface area contributed by atoms with Crippen LogP contribution in [-0.4, -0.2) is 33.2 Å². The number of carbonyl (C=O) groups excluding carboxylic acids is 2. The lowest BCUT2D eigenvalue weighted by atomic mass is 10.1. The number of anilines is 1. The third kappa shape index (κ3) is 6.26. The van der Waals surface area contributed by atoms with Crippen molar-refractivity contribution in [2.75, 3.05) is 11.9 Å². The van der Waals surface area contributed by atoms with Crippen molar-refractivity contribution in [3.8, 4) is 0 Å². The first-order chi connectivity index (χ1) is 14.9. The van der Waals surface area contributed by atoms with Gasteiger partial charge in [-0.1, -0.05) is 41.4 Å². The van der Waals surface area contributed by atoms with Crippen LogP contribution in [0.4, 0.5) is 5.13 Å². The summed E-state index contributed by atoms with van der Waals surface area (Å²) < 4.78 is 6.61. The topological polar surface area (TPSA) is 86.1 Å². The number of nitrogens with zero attached hydrogens (tertiary/aromatic N) is 3. The molecule has 0 fully saturated rings. The van der Waals surface area contributed by atoms with E-state index >= 15 is 0 Å². The molecule has 3 aromatic rings. The van der Waals surface area contributed by atoms with Crippen molar-refractivity contribution in [2.24, 2.45) is 0 Å². The van der Waals surface area contributed by atoms with Crippen LogP contribution in [0.2, 0.25) is 5.15 Å². The van der Waals surface area contributed by atoms with E-state index in [9.17, 15) is 9.59 Å². The van der Waals surface area contributed by atoms with E-state index in [1.807, 2.05) is 38.1 Å². The largest absolute Gasteiger partial charge is 0.466 e. The lowest BCUT2D eigenvalue weighted by molar-refractivity contribution is -0.142. The zero-order valence-corrected chi connectivity index (χ0v) is 19.1. The minimum atomic E-state index is -0.349. The number of nitrogens with one attached hydrogen (secondary N) is 1. The van der Waals surface area contributed by atoms with Crippen molar-refractivity contribution in [3.63, 3.8) is 0 Å². The molecule has 0 saturated carbocycles. The van der Waals surface area contributed by atoms with Gasteiger partial charge in [-0.25, -0.2) is 9.67 Å². The Hall–Kier alpha value is -2.97. The van der Waals surface area contributed by atoms with Crippen molar-refractivity contribution in [1.29, 1.82) is 0 Å². The Balaban J connectivity index is 1.63. The summed E-state index contributed by atoms with van der Waals surface area (Å²) in [4.78, 5) is 28.0. The second-order valence-electron chi connectivity index (χ2n) is 6.88. The molecular formula is C22H23ClN4O3S. The van der Waals surface area contributed by atoms with Crippen LogP contribution in [0.25, 0.3) is 6.08 Å². The van der Waals surface area contributed by atoms with Crippen molar-refractivity contribution < 1.29 is 14.3 Å². The van der Waals surface area contributed by atoms with Crippen LogP contribution >= 0.6 is 22.9 Å². The molecule has 1 aromatic carbocycles. The van der Waals surface area contributed by atoms with Crippen LogP contribution in [0.3, 0.4) is 0 Å². The smallest absolute Gasteiger partial charge is 0.311 e. The molecule has 2 aromatic heterocycles. The normalized spacial score (nSPS) is 11.1. The molecule has 162 valence electrons. The standard InChI is InChI=1S/C22H23ClN4O3S/c1-4-30-20(29)11-17-13-31-22(24-17)25-19(28)10-9-18-15(3)26-27(21(18)23)12-16-7-5-14(2)6-8-16/h5-10,13H,4,11-12H2,1-3H3,(H,24,25,28)/b10-9+. The SMILES string of the molecule is CCOC(=O)Cc1csc(NC(=O)/C=C/c2c(C)nn(Cc3ccc(C)cc3)c2Cl)n1. The average Bonchev–Trinajstić information content (AvgIpc) is 3.26. The number of hydrogen-bond donors (Lipinski definition) is 1. The molecule has 0 unspecified atom stereocenters. The van der Waals surface area contributed by atoms with Gasteiger partial charge in [0.15, 0.2) is 5.13 Å². The van der Waals surface area contributed by atoms with E-state index in [0.717, 1.165) is 11.3 Å². The summed E-state index contributed by atoms with van der Waals surface area (Å²) in [6.07, 6.45) is 3.10. The van der Waals surface area contributed by atoms with Crippen molar-refractivity contribution in [1.82, 2.24) is 14.8 Å². The monoisotopic (exact) mass is 458 g/mol. The Bertz CT molecular complexity index is 1100. The molecule has 0 saturated heterocycles. The van der Waals surface area contributed by atoms with Gasteiger partial charge in [0, 0.05) is 17.0 Å². The number of esters is 1. The second kappa shape index (κ2) is 10.4. The Labute approximate surface area is 189 Å². The number of carbonyl (C=O) groups is 2. The minimum Gasteiger partial charge on any atom is -0.466 e. The molecule has 31 heavy (non-hydrogen) atoms. The van der Waals surface area contributed by atoms with E-state index in [1.54, 1.807) is 23.1 Å². The van der Waals surface area contributed by atoms with Crippen molar-refractivity contribution >= 4 is 46.0 Å². The van der Waals surface area contributed by atoms with E-state index in [0.29, 0.717) is 34.7 Å². The van der Waals surface area contributed by atoms with Gasteiger partial charge in [0.25, 0.3) is 0 Å². The van der Waals surface area contributed by atoms with Crippen molar-refractivity contribution in [2.45, 2.75) is 33.7 Å². The summed E-state index contributed by atoms with van der Waals surface area (Å²) >= 11 is 7.74. The maximum atomic E-state index is 12.3. The second-order valence-corrected chi connectivity index (χ2v) is 8.10. The van der Waals surface area contributed by atoms with Gasteiger partial charge >= 0.3 is 5.97 Å². The number of amides is 1. The Morgan fingerprint density at radius 3 is 2.71 bits per heavy atom. The number of aryl methyl sites for hydroxylation is 2. The fourth-order valence-electron chi connectivity index (χ4n) is 2.84. The number of thiazole rings is 1. The highest BCUT2D eigenvalue weighted by atomic mass is 35.5. The molecule has 0 aliphatic rings. The molecule has 9 heteroatoms. The van der Waals surface area contributed by atoms with Gasteiger partial charge in [0.05, 0.1) is 31.0 Å². The first kappa shape index (κ1) is 22.7. The number of rotatable bonds is 8. The van der Waals surface area contributed by atoms with Gasteiger partial charge in [-0.15, -0.1) is 11.3 Å². The Morgan fingerprint density at radius 1 is 1.26 bits per heavy atom. The van der Waals surface area contributed by atoms with Gasteiger partial charge < -0.3 is 4.74 Å². The fourth-order valence-corrected chi connectivity index (χ4v) is 3.85. The molecule has 0 spiro atoms. The zero-order valence-electron chi connectivity index (χ0n) is 17.5. The van der Waals surface area contributed by atoms with E-state index < -0.39 is 0 Å². The third-order valence-corrected chi connectivity index (χ3v) is 5.58. The number of hydrogen-bond acceptors (Lipinski definition) is 6. The number of ether oxygens (including phenoxy) is 1. The predicted octanol–water partition coefficient (Wildman–Crippen LogP) is 4.42. The first-order valence-electron chi connectivity index (χ1n) is 9.73. The molecule has 0 bridgehead atoms. The van der Waals surface area contributed by atoms with Gasteiger partial charge in [0.1, 0.15) is 5.15 Å². The van der Waals surface area contributed by atoms with E-state index in [4.69, 9.17) is 16.3 Å². The maximum Gasteiger partial charge on any atom is 0.311 e. The molecule has 3 rings (SSSR count). The highest BCUT2D eigenvalue weighted by Crippen LogP contribution is 2.23. The molecule has 0 atom stereocenters. The summed E-state index contributed by atoms with van der Waals surface area (Å²) in [7, 11) is 0. The number of aromatic nitrogens is 3. The van der Waals surface area contributed by atoms with Crippen LogP contribution in [0, 0.1) is 13.8 Å². The predicted molar refractivity (Wildman–Crippen MR) is 122 cm³/mol. The average molecular weight is 459 g/mol. The number of benzene rings is 1. The van der Waals surface area contributed by atoms with Gasteiger partial charge in [0.2, 0.25) is 5.91 Å². The van der Waals surface area contributed by atoms with Crippen LogP contribution in [0.1, 0.15) is 35.0 Å². The third-order valence-electron chi connectivity index (χ3n) is 4.38. The maximum absolute atomic E-state index is 12.3. The Kier molecular flexibility index (Phi) is 7.59. The van der Waals surface area contributed by atoms with E-state index in [-0.39, 0.29) is 18.3 Å². The number of halogens is 1. The van der Waals surface area contributed by atoms with E-state index in [1.165, 1.54) is 23.0 Å². The van der Waals surface area contributed by atoms with Gasteiger partial charge in [-0.2, -0.15) is 5.10 Å². The lowest BCUT2D eigenvalue weighted by Crippen LogP contribution is -2.09. The molecule has 1 amide bonds. The van der Waals surface area contributed by atoms with Crippen LogP contribution in [-0.2, 0) is 27.3 Å². The zero-order chi connectivity index (χ0) is 22.4. The van der Waals surface area contributed by atoms with Gasteiger partial charge in [-0.05, 0) is 32.4 Å². The molecule has 0 aliphatic heterocycles. The minimum absolute atomic E-state index is 0.0744. The lowest BCUT2D eigenvalue weighted by Gasteiger charge is -2.04. The molecule has 7 nitrogen and oxygen atoms in total. The van der Waals surface area contributed by atoms with Crippen LogP contribution in [0.5, 0.6) is 0 Å². The van der Waals surface area contributed by atoms with E-state index in [2.05, 4.69) is 15.4 Å². The molecule has 0 aliphatic carbocycles. The molecule has 0 radical (unpaired) electrons. The quantitative estimate of drug-likeness (QED) is 0.399.